The predicted molar refractivity (Wildman–Crippen MR) is 80.4 cm³/mol. The summed E-state index contributed by atoms with van der Waals surface area (Å²) in [4.78, 5) is 16.3. The third-order valence-corrected chi connectivity index (χ3v) is 3.29. The average Bonchev–Trinajstić information content (AvgIpc) is 2.85. The van der Waals surface area contributed by atoms with Crippen molar-refractivity contribution in [2.24, 2.45) is 0 Å². The van der Waals surface area contributed by atoms with Crippen molar-refractivity contribution in [1.82, 2.24) is 4.98 Å². The largest absolute Gasteiger partial charge is 0.462 e. The average molecular weight is 282 g/mol. The summed E-state index contributed by atoms with van der Waals surface area (Å²) in [6, 6.07) is 0. The number of esters is 1. The van der Waals surface area contributed by atoms with Gasteiger partial charge in [-0.2, -0.15) is 0 Å². The van der Waals surface area contributed by atoms with E-state index in [-0.39, 0.29) is 5.97 Å². The summed E-state index contributed by atoms with van der Waals surface area (Å²) in [7, 11) is 0. The van der Waals surface area contributed by atoms with Gasteiger partial charge in [0.25, 0.3) is 0 Å². The van der Waals surface area contributed by atoms with Crippen molar-refractivity contribution >= 4 is 28.0 Å². The molecule has 0 aliphatic heterocycles. The summed E-state index contributed by atoms with van der Waals surface area (Å²) in [6.07, 6.45) is 4.91. The number of nitrogens with zero attached hydrogens (tertiary/aromatic N) is 1. The van der Waals surface area contributed by atoms with Gasteiger partial charge in [-0.25, -0.2) is 9.78 Å². The lowest BCUT2D eigenvalue weighted by Crippen LogP contribution is -2.07. The summed E-state index contributed by atoms with van der Waals surface area (Å²) in [5, 5.41) is 6.01. The molecule has 0 amide bonds. The summed E-state index contributed by atoms with van der Waals surface area (Å²) in [5.41, 5.74) is 1.26. The number of aromatic nitrogens is 1. The van der Waals surface area contributed by atoms with Gasteiger partial charge in [-0.05, 0) is 19.8 Å². The molecule has 0 unspecified atom stereocenters. The minimum atomic E-state index is -0.297. The zero-order chi connectivity index (χ0) is 14.1. The molecule has 0 bridgehead atoms. The fourth-order valence-electron chi connectivity index (χ4n) is 1.56. The number of unbranched alkanes of at least 4 members (excludes halogenated alkanes) is 1. The van der Waals surface area contributed by atoms with E-state index in [0.29, 0.717) is 17.9 Å². The Bertz CT molecular complexity index is 427. The molecule has 0 aliphatic carbocycles. The number of carbonyl (C=O) groups is 1. The van der Waals surface area contributed by atoms with Gasteiger partial charge in [0.15, 0.2) is 5.13 Å². The van der Waals surface area contributed by atoms with Crippen LogP contribution in [0.4, 0.5) is 5.13 Å². The van der Waals surface area contributed by atoms with Crippen LogP contribution in [-0.4, -0.2) is 24.1 Å². The molecule has 1 heterocycles. The highest BCUT2D eigenvalue weighted by Crippen LogP contribution is 2.23. The topological polar surface area (TPSA) is 51.2 Å². The number of allylic oxidation sites excluding steroid dienone is 1. The van der Waals surface area contributed by atoms with Crippen molar-refractivity contribution in [3.05, 3.63) is 17.2 Å². The maximum Gasteiger partial charge on any atom is 0.340 e. The van der Waals surface area contributed by atoms with Gasteiger partial charge in [-0.3, -0.25) is 0 Å². The molecular formula is C14H22N2O2S. The minimum absolute atomic E-state index is 0.297. The van der Waals surface area contributed by atoms with Crippen molar-refractivity contribution < 1.29 is 9.53 Å². The van der Waals surface area contributed by atoms with Crippen LogP contribution >= 0.6 is 11.3 Å². The minimum Gasteiger partial charge on any atom is -0.462 e. The maximum atomic E-state index is 11.9. The molecule has 0 radical (unpaired) electrons. The van der Waals surface area contributed by atoms with Gasteiger partial charge in [0.05, 0.1) is 17.9 Å². The Morgan fingerprint density at radius 1 is 1.47 bits per heavy atom. The molecule has 0 spiro atoms. The second-order valence-electron chi connectivity index (χ2n) is 4.06. The second-order valence-corrected chi connectivity index (χ2v) is 4.92. The molecule has 0 saturated carbocycles. The molecule has 0 aliphatic rings. The maximum absolute atomic E-state index is 11.9. The van der Waals surface area contributed by atoms with E-state index in [2.05, 4.69) is 17.2 Å². The molecule has 4 nitrogen and oxygen atoms in total. The molecule has 1 aromatic heterocycles. The van der Waals surface area contributed by atoms with E-state index in [0.717, 1.165) is 30.9 Å². The molecule has 0 saturated heterocycles. The van der Waals surface area contributed by atoms with Crippen molar-refractivity contribution in [2.45, 2.75) is 40.0 Å². The second kappa shape index (κ2) is 8.69. The fraction of sp³-hybridized carbons (Fsp3) is 0.571. The fourth-order valence-corrected chi connectivity index (χ4v) is 2.30. The Kier molecular flexibility index (Phi) is 7.18. The molecule has 5 heteroatoms. The van der Waals surface area contributed by atoms with Crippen LogP contribution in [0.3, 0.4) is 0 Å². The van der Waals surface area contributed by atoms with E-state index in [1.807, 2.05) is 18.4 Å². The van der Waals surface area contributed by atoms with Gasteiger partial charge in [0.2, 0.25) is 0 Å². The van der Waals surface area contributed by atoms with Gasteiger partial charge in [-0.1, -0.05) is 26.3 Å². The number of ether oxygens (including phenoxy) is 1. The van der Waals surface area contributed by atoms with Crippen LogP contribution in [0.2, 0.25) is 0 Å². The summed E-state index contributed by atoms with van der Waals surface area (Å²) in [6.45, 7) is 7.24. The quantitative estimate of drug-likeness (QED) is 0.448. The van der Waals surface area contributed by atoms with Crippen LogP contribution in [0.15, 0.2) is 11.5 Å². The van der Waals surface area contributed by atoms with Gasteiger partial charge in [-0.15, -0.1) is 11.3 Å². The molecule has 106 valence electrons. The zero-order valence-electron chi connectivity index (χ0n) is 11.9. The van der Waals surface area contributed by atoms with E-state index in [1.54, 1.807) is 6.92 Å². The third-order valence-electron chi connectivity index (χ3n) is 2.49. The number of carbonyl (C=O) groups excluding carboxylic acids is 1. The van der Waals surface area contributed by atoms with E-state index >= 15 is 0 Å². The lowest BCUT2D eigenvalue weighted by atomic mass is 10.2. The predicted octanol–water partition coefficient (Wildman–Crippen LogP) is 3.71. The molecular weight excluding hydrogens is 260 g/mol. The Morgan fingerprint density at radius 2 is 2.26 bits per heavy atom. The molecule has 0 fully saturated rings. The SMILES string of the molecule is CC/C=C(\C(=O)OCC)c1csc(NCCCC)n1. The summed E-state index contributed by atoms with van der Waals surface area (Å²) >= 11 is 1.52. The molecule has 1 rings (SSSR count). The summed E-state index contributed by atoms with van der Waals surface area (Å²) < 4.78 is 5.06. The lowest BCUT2D eigenvalue weighted by molar-refractivity contribution is -0.136. The monoisotopic (exact) mass is 282 g/mol. The van der Waals surface area contributed by atoms with Crippen molar-refractivity contribution in [1.29, 1.82) is 0 Å². The molecule has 19 heavy (non-hydrogen) atoms. The molecule has 0 aromatic carbocycles. The van der Waals surface area contributed by atoms with Gasteiger partial charge in [0.1, 0.15) is 0 Å². The Balaban J connectivity index is 2.75. The first-order valence-electron chi connectivity index (χ1n) is 6.79. The molecule has 1 aromatic rings. The van der Waals surface area contributed by atoms with Gasteiger partial charge < -0.3 is 10.1 Å². The number of rotatable bonds is 8. The highest BCUT2D eigenvalue weighted by Gasteiger charge is 2.15. The first-order chi connectivity index (χ1) is 9.22. The van der Waals surface area contributed by atoms with Crippen LogP contribution in [0.1, 0.15) is 45.7 Å². The van der Waals surface area contributed by atoms with Crippen molar-refractivity contribution in [2.75, 3.05) is 18.5 Å². The number of anilines is 1. The molecule has 1 N–H and O–H groups in total. The van der Waals surface area contributed by atoms with Crippen molar-refractivity contribution in [3.8, 4) is 0 Å². The smallest absolute Gasteiger partial charge is 0.340 e. The van der Waals surface area contributed by atoms with E-state index in [1.165, 1.54) is 11.3 Å². The Hall–Kier alpha value is -1.36. The van der Waals surface area contributed by atoms with E-state index < -0.39 is 0 Å². The number of thiazole rings is 1. The van der Waals surface area contributed by atoms with E-state index in [4.69, 9.17) is 4.74 Å². The van der Waals surface area contributed by atoms with Gasteiger partial charge >= 0.3 is 5.97 Å². The Morgan fingerprint density at radius 3 is 2.89 bits per heavy atom. The van der Waals surface area contributed by atoms with Crippen LogP contribution in [0, 0.1) is 0 Å². The summed E-state index contributed by atoms with van der Waals surface area (Å²) in [5.74, 6) is -0.297. The third kappa shape index (κ3) is 5.03. The number of hydrogen-bond donors (Lipinski definition) is 1. The first-order valence-corrected chi connectivity index (χ1v) is 7.67. The zero-order valence-corrected chi connectivity index (χ0v) is 12.7. The number of hydrogen-bond acceptors (Lipinski definition) is 5. The first kappa shape index (κ1) is 15.7. The van der Waals surface area contributed by atoms with Crippen LogP contribution in [0.5, 0.6) is 0 Å². The Labute approximate surface area is 118 Å². The van der Waals surface area contributed by atoms with Crippen LogP contribution in [-0.2, 0) is 9.53 Å². The van der Waals surface area contributed by atoms with Crippen molar-refractivity contribution in [3.63, 3.8) is 0 Å². The van der Waals surface area contributed by atoms with Crippen LogP contribution < -0.4 is 5.32 Å². The van der Waals surface area contributed by atoms with E-state index in [9.17, 15) is 4.79 Å². The van der Waals surface area contributed by atoms with Gasteiger partial charge in [0, 0.05) is 11.9 Å². The highest BCUT2D eigenvalue weighted by atomic mass is 32.1. The molecule has 0 atom stereocenters. The normalized spacial score (nSPS) is 11.4. The lowest BCUT2D eigenvalue weighted by Gasteiger charge is -2.04. The van der Waals surface area contributed by atoms with Crippen LogP contribution in [0.25, 0.3) is 5.57 Å². The standard InChI is InChI=1S/C14H22N2O2S/c1-4-7-9-15-14-16-12(10-19-14)11(8-5-2)13(17)18-6-3/h8,10H,4-7,9H2,1-3H3,(H,15,16)/b11-8-. The highest BCUT2D eigenvalue weighted by molar-refractivity contribution is 7.13. The number of nitrogens with one attached hydrogen (secondary N) is 1.